The molecule has 7 nitrogen and oxygen atoms in total. The normalized spacial score (nSPS) is 35.3. The van der Waals surface area contributed by atoms with Crippen LogP contribution in [0.2, 0.25) is 0 Å². The van der Waals surface area contributed by atoms with Crippen molar-refractivity contribution in [3.63, 3.8) is 0 Å². The molecule has 0 aliphatic carbocycles. The Labute approximate surface area is 166 Å². The topological polar surface area (TPSA) is 83.4 Å². The highest BCUT2D eigenvalue weighted by Crippen LogP contribution is 2.26. The van der Waals surface area contributed by atoms with Crippen LogP contribution in [0.3, 0.4) is 0 Å². The first-order valence-corrected chi connectivity index (χ1v) is 10.4. The van der Waals surface area contributed by atoms with Crippen LogP contribution >= 0.6 is 0 Å². The maximum Gasteiger partial charge on any atom is 0.186 e. The van der Waals surface area contributed by atoms with Gasteiger partial charge in [-0.15, -0.1) is 0 Å². The fourth-order valence-electron chi connectivity index (χ4n) is 4.31. The predicted octanol–water partition coefficient (Wildman–Crippen LogP) is 0.493. The maximum absolute atomic E-state index is 10.4. The molecule has 0 saturated carbocycles. The molecule has 5 rings (SSSR count). The van der Waals surface area contributed by atoms with Crippen LogP contribution in [0.1, 0.15) is 24.8 Å². The van der Waals surface area contributed by atoms with E-state index in [1.807, 2.05) is 0 Å². The summed E-state index contributed by atoms with van der Waals surface area (Å²) in [7, 11) is 0. The van der Waals surface area contributed by atoms with Gasteiger partial charge in [-0.1, -0.05) is 30.3 Å². The summed E-state index contributed by atoms with van der Waals surface area (Å²) in [5, 5.41) is 24.2. The minimum Gasteiger partial charge on any atom is -0.387 e. The van der Waals surface area contributed by atoms with Crippen molar-refractivity contribution in [3.05, 3.63) is 35.9 Å². The van der Waals surface area contributed by atoms with Crippen LogP contribution in [0.5, 0.6) is 0 Å². The number of hydrogen-bond donors (Lipinski definition) is 3. The van der Waals surface area contributed by atoms with Gasteiger partial charge >= 0.3 is 0 Å². The largest absolute Gasteiger partial charge is 0.387 e. The van der Waals surface area contributed by atoms with Crippen molar-refractivity contribution >= 4 is 0 Å². The number of benzene rings is 1. The standard InChI is InChI=1S/C21H32N2O5/c24-18-19(25)21-27-12-4-11-26-20(18)17(28-21)13-22-16-7-9-23(10-8-16)14-15-5-2-1-3-6-15/h1-3,5-6,16-22,24-25H,4,7-14H2. The number of ether oxygens (including phenoxy) is 3. The molecular weight excluding hydrogens is 360 g/mol. The van der Waals surface area contributed by atoms with E-state index in [2.05, 4.69) is 40.5 Å². The molecule has 156 valence electrons. The molecule has 5 atom stereocenters. The molecular formula is C21H32N2O5. The van der Waals surface area contributed by atoms with Crippen LogP contribution in [-0.4, -0.2) is 84.7 Å². The van der Waals surface area contributed by atoms with Gasteiger partial charge in [0.05, 0.1) is 6.61 Å². The summed E-state index contributed by atoms with van der Waals surface area (Å²) in [6, 6.07) is 11.0. The Morgan fingerprint density at radius 1 is 1.00 bits per heavy atom. The summed E-state index contributed by atoms with van der Waals surface area (Å²) in [5.74, 6) is 0. The SMILES string of the molecule is OC1C2OCCCOC(C(CNC3CCN(Cc4ccccc4)CC3)O2)C1O. The quantitative estimate of drug-likeness (QED) is 0.673. The van der Waals surface area contributed by atoms with Gasteiger partial charge in [0.1, 0.15) is 24.4 Å². The fraction of sp³-hybridized carbons (Fsp3) is 0.714. The van der Waals surface area contributed by atoms with E-state index in [-0.39, 0.29) is 6.10 Å². The van der Waals surface area contributed by atoms with Crippen LogP contribution in [-0.2, 0) is 20.8 Å². The second-order valence-corrected chi connectivity index (χ2v) is 8.03. The maximum atomic E-state index is 10.4. The second kappa shape index (κ2) is 9.63. The molecule has 1 aromatic carbocycles. The van der Waals surface area contributed by atoms with E-state index >= 15 is 0 Å². The zero-order valence-corrected chi connectivity index (χ0v) is 16.3. The first-order chi connectivity index (χ1) is 13.7. The second-order valence-electron chi connectivity index (χ2n) is 8.03. The molecule has 4 saturated heterocycles. The van der Waals surface area contributed by atoms with Crippen molar-refractivity contribution in [1.82, 2.24) is 10.2 Å². The van der Waals surface area contributed by atoms with E-state index in [1.165, 1.54) is 5.56 Å². The average molecular weight is 392 g/mol. The van der Waals surface area contributed by atoms with Crippen LogP contribution in [0.15, 0.2) is 30.3 Å². The minimum absolute atomic E-state index is 0.330. The highest BCUT2D eigenvalue weighted by Gasteiger charge is 2.46. The summed E-state index contributed by atoms with van der Waals surface area (Å²) in [5.41, 5.74) is 1.36. The molecule has 28 heavy (non-hydrogen) atoms. The lowest BCUT2D eigenvalue weighted by atomic mass is 9.97. The molecule has 4 heterocycles. The third kappa shape index (κ3) is 4.91. The van der Waals surface area contributed by atoms with E-state index in [9.17, 15) is 10.2 Å². The third-order valence-corrected chi connectivity index (χ3v) is 5.97. The minimum atomic E-state index is -1.07. The Balaban J connectivity index is 1.25. The number of aliphatic hydroxyl groups excluding tert-OH is 2. The van der Waals surface area contributed by atoms with Gasteiger partial charge in [-0.2, -0.15) is 0 Å². The lowest BCUT2D eigenvalue weighted by Crippen LogP contribution is -2.61. The van der Waals surface area contributed by atoms with E-state index in [0.29, 0.717) is 25.8 Å². The van der Waals surface area contributed by atoms with Crippen molar-refractivity contribution in [3.8, 4) is 0 Å². The molecule has 0 radical (unpaired) electrons. The highest BCUT2D eigenvalue weighted by atomic mass is 16.7. The molecule has 4 aliphatic rings. The lowest BCUT2D eigenvalue weighted by Gasteiger charge is -2.42. The van der Waals surface area contributed by atoms with Crippen LogP contribution in [0.25, 0.3) is 0 Å². The summed E-state index contributed by atoms with van der Waals surface area (Å²) < 4.78 is 17.3. The Morgan fingerprint density at radius 3 is 2.54 bits per heavy atom. The first-order valence-electron chi connectivity index (χ1n) is 10.4. The van der Waals surface area contributed by atoms with Gasteiger partial charge in [0.2, 0.25) is 0 Å². The summed E-state index contributed by atoms with van der Waals surface area (Å²) in [4.78, 5) is 2.49. The molecule has 4 aliphatic heterocycles. The summed E-state index contributed by atoms with van der Waals surface area (Å²) in [6.45, 7) is 4.66. The third-order valence-electron chi connectivity index (χ3n) is 5.97. The van der Waals surface area contributed by atoms with Gasteiger partial charge < -0.3 is 29.7 Å². The van der Waals surface area contributed by atoms with Crippen molar-refractivity contribution in [2.45, 2.75) is 62.6 Å². The van der Waals surface area contributed by atoms with Gasteiger partial charge in [0.25, 0.3) is 0 Å². The number of nitrogens with zero attached hydrogens (tertiary/aromatic N) is 1. The van der Waals surface area contributed by atoms with E-state index in [1.54, 1.807) is 0 Å². The lowest BCUT2D eigenvalue weighted by molar-refractivity contribution is -0.293. The Bertz CT molecular complexity index is 594. The number of rotatable bonds is 5. The number of aliphatic hydroxyl groups is 2. The Hall–Kier alpha value is -1.06. The van der Waals surface area contributed by atoms with Crippen molar-refractivity contribution in [2.75, 3.05) is 32.8 Å². The van der Waals surface area contributed by atoms with E-state index in [4.69, 9.17) is 14.2 Å². The molecule has 3 N–H and O–H groups in total. The van der Waals surface area contributed by atoms with Crippen molar-refractivity contribution < 1.29 is 24.4 Å². The average Bonchev–Trinajstić information content (AvgIpc) is 2.86. The van der Waals surface area contributed by atoms with Gasteiger partial charge in [0.15, 0.2) is 6.29 Å². The fourth-order valence-corrected chi connectivity index (χ4v) is 4.31. The number of likely N-dealkylation sites (tertiary alicyclic amines) is 1. The molecule has 4 fully saturated rings. The molecule has 7 heteroatoms. The smallest absolute Gasteiger partial charge is 0.186 e. The zero-order valence-electron chi connectivity index (χ0n) is 16.3. The van der Waals surface area contributed by atoms with Crippen molar-refractivity contribution in [1.29, 1.82) is 0 Å². The molecule has 5 unspecified atom stereocenters. The molecule has 0 amide bonds. The Morgan fingerprint density at radius 2 is 1.75 bits per heavy atom. The molecule has 0 spiro atoms. The van der Waals surface area contributed by atoms with Gasteiger partial charge in [-0.05, 0) is 37.9 Å². The number of hydrogen-bond acceptors (Lipinski definition) is 7. The number of nitrogens with one attached hydrogen (secondary N) is 1. The zero-order chi connectivity index (χ0) is 19.3. The van der Waals surface area contributed by atoms with Gasteiger partial charge in [-0.3, -0.25) is 4.90 Å². The van der Waals surface area contributed by atoms with Crippen molar-refractivity contribution in [2.24, 2.45) is 0 Å². The monoisotopic (exact) mass is 392 g/mol. The van der Waals surface area contributed by atoms with E-state index in [0.717, 1.165) is 38.9 Å². The summed E-state index contributed by atoms with van der Waals surface area (Å²) >= 11 is 0. The predicted molar refractivity (Wildman–Crippen MR) is 104 cm³/mol. The van der Waals surface area contributed by atoms with Gasteiger partial charge in [-0.25, -0.2) is 0 Å². The number of piperidine rings is 1. The number of fused-ring (bicyclic) bond motifs is 6. The first kappa shape index (κ1) is 20.2. The van der Waals surface area contributed by atoms with Crippen LogP contribution < -0.4 is 5.32 Å². The Kier molecular flexibility index (Phi) is 6.95. The molecule has 2 bridgehead atoms. The summed E-state index contributed by atoms with van der Waals surface area (Å²) in [6.07, 6.45) is -0.811. The van der Waals surface area contributed by atoms with Gasteiger partial charge in [0, 0.05) is 25.7 Å². The van der Waals surface area contributed by atoms with Crippen LogP contribution in [0, 0.1) is 0 Å². The molecule has 0 aromatic heterocycles. The van der Waals surface area contributed by atoms with Crippen LogP contribution in [0.4, 0.5) is 0 Å². The highest BCUT2D eigenvalue weighted by molar-refractivity contribution is 5.14. The van der Waals surface area contributed by atoms with E-state index < -0.39 is 24.6 Å². The molecule has 1 aromatic rings.